The van der Waals surface area contributed by atoms with E-state index in [1.807, 2.05) is 6.92 Å². The van der Waals surface area contributed by atoms with Gasteiger partial charge in [0.25, 0.3) is 5.91 Å². The summed E-state index contributed by atoms with van der Waals surface area (Å²) in [6.07, 6.45) is 3.03. The molecule has 1 aromatic carbocycles. The summed E-state index contributed by atoms with van der Waals surface area (Å²) in [7, 11) is -3.56. The lowest BCUT2D eigenvalue weighted by atomic mass is 10.0. The standard InChI is InChI=1S/C17H24N2O5S/c1-3-18-25(22,23)15-9-7-14(8-10-15)17(21)24-12-16(20)19-11-5-4-6-13(19)2/h7-10,13,18H,3-6,11-12H2,1-2H3/t13-/m0/s1. The number of sulfonamides is 1. The minimum absolute atomic E-state index is 0.0733. The van der Waals surface area contributed by atoms with Crippen LogP contribution in [0.4, 0.5) is 0 Å². The Kier molecular flexibility index (Phi) is 6.55. The topological polar surface area (TPSA) is 92.8 Å². The van der Waals surface area contributed by atoms with Crippen LogP contribution in [0.25, 0.3) is 0 Å². The van der Waals surface area contributed by atoms with Crippen molar-refractivity contribution in [2.75, 3.05) is 19.7 Å². The van der Waals surface area contributed by atoms with Crippen molar-refractivity contribution in [3.63, 3.8) is 0 Å². The first kappa shape index (κ1) is 19.4. The summed E-state index contributed by atoms with van der Waals surface area (Å²) in [5.41, 5.74) is 0.204. The molecule has 0 spiro atoms. The maximum atomic E-state index is 12.2. The van der Waals surface area contributed by atoms with E-state index in [0.717, 1.165) is 19.3 Å². The number of nitrogens with zero attached hydrogens (tertiary/aromatic N) is 1. The summed E-state index contributed by atoms with van der Waals surface area (Å²) in [6.45, 7) is 4.34. The average Bonchev–Trinajstić information content (AvgIpc) is 2.60. The molecule has 1 aliphatic rings. The van der Waals surface area contributed by atoms with E-state index in [2.05, 4.69) is 4.72 Å². The van der Waals surface area contributed by atoms with E-state index in [1.165, 1.54) is 24.3 Å². The second-order valence-corrected chi connectivity index (χ2v) is 7.80. The van der Waals surface area contributed by atoms with Crippen molar-refractivity contribution < 1.29 is 22.7 Å². The van der Waals surface area contributed by atoms with E-state index in [1.54, 1.807) is 11.8 Å². The highest BCUT2D eigenvalue weighted by Gasteiger charge is 2.24. The van der Waals surface area contributed by atoms with E-state index in [0.29, 0.717) is 6.54 Å². The number of carbonyl (C=O) groups excluding carboxylic acids is 2. The molecule has 0 saturated carbocycles. The summed E-state index contributed by atoms with van der Waals surface area (Å²) in [4.78, 5) is 26.0. The number of esters is 1. The molecule has 1 aromatic rings. The van der Waals surface area contributed by atoms with Crippen molar-refractivity contribution in [2.24, 2.45) is 0 Å². The molecule has 0 radical (unpaired) electrons. The Hall–Kier alpha value is -1.93. The number of piperidine rings is 1. The minimum Gasteiger partial charge on any atom is -0.452 e. The van der Waals surface area contributed by atoms with E-state index < -0.39 is 16.0 Å². The minimum atomic E-state index is -3.56. The number of benzene rings is 1. The van der Waals surface area contributed by atoms with E-state index in [4.69, 9.17) is 4.74 Å². The quantitative estimate of drug-likeness (QED) is 0.769. The van der Waals surface area contributed by atoms with Gasteiger partial charge in [0.05, 0.1) is 10.5 Å². The molecule has 138 valence electrons. The maximum Gasteiger partial charge on any atom is 0.338 e. The third-order valence-corrected chi connectivity index (χ3v) is 5.75. The van der Waals surface area contributed by atoms with Gasteiger partial charge in [-0.05, 0) is 50.5 Å². The molecule has 0 aromatic heterocycles. The predicted molar refractivity (Wildman–Crippen MR) is 92.6 cm³/mol. The molecule has 1 atom stereocenters. The molecule has 1 saturated heterocycles. The van der Waals surface area contributed by atoms with Gasteiger partial charge in [0, 0.05) is 19.1 Å². The zero-order chi connectivity index (χ0) is 18.4. The van der Waals surface area contributed by atoms with Crippen molar-refractivity contribution in [1.82, 2.24) is 9.62 Å². The summed E-state index contributed by atoms with van der Waals surface area (Å²) >= 11 is 0. The molecule has 1 aliphatic heterocycles. The first-order valence-corrected chi connectivity index (χ1v) is 9.90. The summed E-state index contributed by atoms with van der Waals surface area (Å²) in [5, 5.41) is 0. The highest BCUT2D eigenvalue weighted by Crippen LogP contribution is 2.17. The smallest absolute Gasteiger partial charge is 0.338 e. The molecule has 0 bridgehead atoms. The van der Waals surface area contributed by atoms with Crippen molar-refractivity contribution in [3.8, 4) is 0 Å². The summed E-state index contributed by atoms with van der Waals surface area (Å²) < 4.78 is 31.2. The van der Waals surface area contributed by atoms with Gasteiger partial charge in [-0.3, -0.25) is 4.79 Å². The van der Waals surface area contributed by atoms with Gasteiger partial charge < -0.3 is 9.64 Å². The van der Waals surface area contributed by atoms with E-state index in [9.17, 15) is 18.0 Å². The second-order valence-electron chi connectivity index (χ2n) is 6.03. The highest BCUT2D eigenvalue weighted by molar-refractivity contribution is 7.89. The van der Waals surface area contributed by atoms with Gasteiger partial charge in [0.15, 0.2) is 6.61 Å². The number of hydrogen-bond donors (Lipinski definition) is 1. The Bertz CT molecular complexity index is 715. The lowest BCUT2D eigenvalue weighted by Gasteiger charge is -2.33. The Morgan fingerprint density at radius 1 is 1.24 bits per heavy atom. The molecule has 25 heavy (non-hydrogen) atoms. The lowest BCUT2D eigenvalue weighted by Crippen LogP contribution is -2.44. The molecule has 1 amide bonds. The maximum absolute atomic E-state index is 12.2. The summed E-state index contributed by atoms with van der Waals surface area (Å²) in [6, 6.07) is 5.59. The Morgan fingerprint density at radius 3 is 2.52 bits per heavy atom. The summed E-state index contributed by atoms with van der Waals surface area (Å²) in [5.74, 6) is -0.850. The fourth-order valence-corrected chi connectivity index (χ4v) is 3.85. The van der Waals surface area contributed by atoms with Crippen LogP contribution in [-0.4, -0.2) is 50.9 Å². The number of rotatable bonds is 6. The molecular weight excluding hydrogens is 344 g/mol. The van der Waals surface area contributed by atoms with Crippen molar-refractivity contribution in [2.45, 2.75) is 44.0 Å². The molecule has 0 aliphatic carbocycles. The highest BCUT2D eigenvalue weighted by atomic mass is 32.2. The normalized spacial score (nSPS) is 18.0. The van der Waals surface area contributed by atoms with Gasteiger partial charge in [-0.2, -0.15) is 0 Å². The van der Waals surface area contributed by atoms with Crippen LogP contribution in [-0.2, 0) is 19.6 Å². The van der Waals surface area contributed by atoms with Crippen LogP contribution in [0.3, 0.4) is 0 Å². The SMILES string of the molecule is CCNS(=O)(=O)c1ccc(C(=O)OCC(=O)N2CCCC[C@@H]2C)cc1. The van der Waals surface area contributed by atoms with Crippen LogP contribution in [0, 0.1) is 0 Å². The fraction of sp³-hybridized carbons (Fsp3) is 0.529. The number of amides is 1. The van der Waals surface area contributed by atoms with Gasteiger partial charge in [0.1, 0.15) is 0 Å². The number of likely N-dealkylation sites (tertiary alicyclic amines) is 1. The van der Waals surface area contributed by atoms with E-state index in [-0.39, 0.29) is 35.6 Å². The van der Waals surface area contributed by atoms with Crippen LogP contribution < -0.4 is 4.72 Å². The number of nitrogens with one attached hydrogen (secondary N) is 1. The first-order valence-electron chi connectivity index (χ1n) is 8.41. The number of carbonyl (C=O) groups is 2. The first-order chi connectivity index (χ1) is 11.8. The van der Waals surface area contributed by atoms with Gasteiger partial charge in [-0.25, -0.2) is 17.9 Å². The van der Waals surface area contributed by atoms with Gasteiger partial charge in [-0.15, -0.1) is 0 Å². The van der Waals surface area contributed by atoms with Gasteiger partial charge in [-0.1, -0.05) is 6.92 Å². The van der Waals surface area contributed by atoms with Crippen LogP contribution in [0.15, 0.2) is 29.2 Å². The Morgan fingerprint density at radius 2 is 1.92 bits per heavy atom. The third-order valence-electron chi connectivity index (χ3n) is 4.18. The molecular formula is C17H24N2O5S. The van der Waals surface area contributed by atoms with Crippen LogP contribution >= 0.6 is 0 Å². The second kappa shape index (κ2) is 8.44. The monoisotopic (exact) mass is 368 g/mol. The van der Waals surface area contributed by atoms with Crippen LogP contribution in [0.2, 0.25) is 0 Å². The molecule has 2 rings (SSSR count). The number of ether oxygens (including phenoxy) is 1. The predicted octanol–water partition coefficient (Wildman–Crippen LogP) is 1.54. The molecule has 1 N–H and O–H groups in total. The van der Waals surface area contributed by atoms with Gasteiger partial charge in [0.2, 0.25) is 10.0 Å². The largest absolute Gasteiger partial charge is 0.452 e. The Balaban J connectivity index is 1.93. The third kappa shape index (κ3) is 5.02. The molecule has 7 nitrogen and oxygen atoms in total. The fourth-order valence-electron chi connectivity index (χ4n) is 2.81. The Labute approximate surface area is 148 Å². The molecule has 1 fully saturated rings. The van der Waals surface area contributed by atoms with Gasteiger partial charge >= 0.3 is 5.97 Å². The molecule has 0 unspecified atom stereocenters. The van der Waals surface area contributed by atoms with Crippen molar-refractivity contribution in [3.05, 3.63) is 29.8 Å². The average molecular weight is 368 g/mol. The van der Waals surface area contributed by atoms with Crippen LogP contribution in [0.5, 0.6) is 0 Å². The van der Waals surface area contributed by atoms with Crippen LogP contribution in [0.1, 0.15) is 43.5 Å². The zero-order valence-corrected chi connectivity index (χ0v) is 15.3. The molecule has 8 heteroatoms. The van der Waals surface area contributed by atoms with E-state index >= 15 is 0 Å². The van der Waals surface area contributed by atoms with Crippen molar-refractivity contribution >= 4 is 21.9 Å². The lowest BCUT2D eigenvalue weighted by molar-refractivity contribution is -0.137. The van der Waals surface area contributed by atoms with Crippen molar-refractivity contribution in [1.29, 1.82) is 0 Å². The number of hydrogen-bond acceptors (Lipinski definition) is 5. The zero-order valence-electron chi connectivity index (χ0n) is 14.5. The molecule has 1 heterocycles.